The third kappa shape index (κ3) is 4.01. The summed E-state index contributed by atoms with van der Waals surface area (Å²) < 4.78 is 3.56. The number of fused-ring (bicyclic) bond motifs is 1. The lowest BCUT2D eigenvalue weighted by Crippen LogP contribution is -2.35. The predicted octanol–water partition coefficient (Wildman–Crippen LogP) is 1.04. The number of aryl methyl sites for hydroxylation is 2. The van der Waals surface area contributed by atoms with E-state index in [2.05, 4.69) is 25.9 Å². The molecule has 1 fully saturated rings. The van der Waals surface area contributed by atoms with E-state index in [4.69, 9.17) is 0 Å². The molecule has 0 unspecified atom stereocenters. The number of anilines is 1. The Kier molecular flexibility index (Phi) is 4.91. The Morgan fingerprint density at radius 1 is 1.22 bits per heavy atom. The number of hydrogen-bond donors (Lipinski definition) is 2. The molecule has 0 bridgehead atoms. The Morgan fingerprint density at radius 2 is 2.04 bits per heavy atom. The monoisotopic (exact) mass is 371 g/mol. The van der Waals surface area contributed by atoms with E-state index in [1.165, 1.54) is 12.8 Å². The average molecular weight is 371 g/mol. The summed E-state index contributed by atoms with van der Waals surface area (Å²) in [5, 5.41) is 18.3. The second-order valence-electron chi connectivity index (χ2n) is 7.47. The van der Waals surface area contributed by atoms with Gasteiger partial charge in [-0.3, -0.25) is 14.3 Å². The zero-order valence-electron chi connectivity index (χ0n) is 15.5. The third-order valence-corrected chi connectivity index (χ3v) is 5.43. The molecule has 144 valence electrons. The summed E-state index contributed by atoms with van der Waals surface area (Å²) in [5.41, 5.74) is 0.611. The van der Waals surface area contributed by atoms with E-state index in [0.29, 0.717) is 18.3 Å². The molecule has 1 aliphatic heterocycles. The van der Waals surface area contributed by atoms with Crippen molar-refractivity contribution in [3.8, 4) is 0 Å². The van der Waals surface area contributed by atoms with E-state index in [-0.39, 0.29) is 24.3 Å². The Balaban J connectivity index is 1.30. The summed E-state index contributed by atoms with van der Waals surface area (Å²) in [5.74, 6) is 1.58. The van der Waals surface area contributed by atoms with Gasteiger partial charge in [0, 0.05) is 25.2 Å². The minimum atomic E-state index is -0.124. The molecule has 0 radical (unpaired) electrons. The molecule has 9 nitrogen and oxygen atoms in total. The van der Waals surface area contributed by atoms with Crippen LogP contribution < -0.4 is 10.6 Å². The number of carbonyl (C=O) groups excluding carboxylic acids is 2. The van der Waals surface area contributed by atoms with Gasteiger partial charge in [0.25, 0.3) is 0 Å². The van der Waals surface area contributed by atoms with Crippen molar-refractivity contribution in [3.63, 3.8) is 0 Å². The Bertz CT molecular complexity index is 835. The second kappa shape index (κ2) is 7.50. The molecule has 3 heterocycles. The fourth-order valence-corrected chi connectivity index (χ4v) is 3.93. The summed E-state index contributed by atoms with van der Waals surface area (Å²) in [6.07, 6.45) is 9.26. The molecule has 2 aromatic heterocycles. The van der Waals surface area contributed by atoms with E-state index in [0.717, 1.165) is 37.3 Å². The van der Waals surface area contributed by atoms with Crippen LogP contribution in [-0.2, 0) is 29.1 Å². The van der Waals surface area contributed by atoms with Crippen LogP contribution in [0.5, 0.6) is 0 Å². The summed E-state index contributed by atoms with van der Waals surface area (Å²) in [6.45, 7) is 2.66. The van der Waals surface area contributed by atoms with Crippen LogP contribution in [0.2, 0.25) is 0 Å². The molecule has 2 aliphatic rings. The number of nitrogens with zero attached hydrogens (tertiary/aromatic N) is 5. The molecule has 9 heteroatoms. The van der Waals surface area contributed by atoms with Crippen LogP contribution in [0.25, 0.3) is 0 Å². The summed E-state index contributed by atoms with van der Waals surface area (Å²) >= 11 is 0. The first kappa shape index (κ1) is 17.7. The van der Waals surface area contributed by atoms with E-state index >= 15 is 0 Å². The smallest absolute Gasteiger partial charge is 0.241 e. The maximum atomic E-state index is 12.6. The molecule has 1 aliphatic carbocycles. The highest BCUT2D eigenvalue weighted by atomic mass is 16.2. The summed E-state index contributed by atoms with van der Waals surface area (Å²) in [7, 11) is 0. The SMILES string of the molecule is Cc1nnc2n1C[C@@H](C(=O)Nc1cnn(CC(=O)NC3CCCC3)c1)CC2. The maximum Gasteiger partial charge on any atom is 0.241 e. The zero-order chi connectivity index (χ0) is 18.8. The molecule has 2 amide bonds. The number of rotatable bonds is 5. The summed E-state index contributed by atoms with van der Waals surface area (Å²) in [6, 6.07) is 0.296. The van der Waals surface area contributed by atoms with Gasteiger partial charge in [0.05, 0.1) is 17.8 Å². The molecule has 27 heavy (non-hydrogen) atoms. The van der Waals surface area contributed by atoms with Gasteiger partial charge >= 0.3 is 0 Å². The number of amides is 2. The largest absolute Gasteiger partial charge is 0.352 e. The van der Waals surface area contributed by atoms with Gasteiger partial charge in [0.1, 0.15) is 18.2 Å². The zero-order valence-corrected chi connectivity index (χ0v) is 15.5. The molecule has 2 aromatic rings. The molecule has 2 N–H and O–H groups in total. The van der Waals surface area contributed by atoms with Crippen LogP contribution in [0.15, 0.2) is 12.4 Å². The van der Waals surface area contributed by atoms with Crippen LogP contribution >= 0.6 is 0 Å². The van der Waals surface area contributed by atoms with Crippen molar-refractivity contribution in [1.29, 1.82) is 0 Å². The molecule has 0 spiro atoms. The number of carbonyl (C=O) groups is 2. The summed E-state index contributed by atoms with van der Waals surface area (Å²) in [4.78, 5) is 24.7. The normalized spacial score (nSPS) is 19.7. The van der Waals surface area contributed by atoms with Gasteiger partial charge in [-0.2, -0.15) is 5.10 Å². The number of hydrogen-bond acceptors (Lipinski definition) is 5. The van der Waals surface area contributed by atoms with Crippen molar-refractivity contribution < 1.29 is 9.59 Å². The highest BCUT2D eigenvalue weighted by Crippen LogP contribution is 2.21. The highest BCUT2D eigenvalue weighted by Gasteiger charge is 2.27. The lowest BCUT2D eigenvalue weighted by atomic mass is 9.98. The topological polar surface area (TPSA) is 107 Å². The first-order chi connectivity index (χ1) is 13.1. The van der Waals surface area contributed by atoms with Gasteiger partial charge < -0.3 is 15.2 Å². The molecule has 1 saturated carbocycles. The lowest BCUT2D eigenvalue weighted by Gasteiger charge is -2.22. The number of nitrogens with one attached hydrogen (secondary N) is 2. The third-order valence-electron chi connectivity index (χ3n) is 5.43. The van der Waals surface area contributed by atoms with E-state index < -0.39 is 0 Å². The van der Waals surface area contributed by atoms with Crippen molar-refractivity contribution in [2.45, 2.75) is 64.6 Å². The van der Waals surface area contributed by atoms with Gasteiger partial charge in [0.2, 0.25) is 11.8 Å². The molecule has 0 aromatic carbocycles. The van der Waals surface area contributed by atoms with Gasteiger partial charge in [-0.25, -0.2) is 0 Å². The molecule has 4 rings (SSSR count). The van der Waals surface area contributed by atoms with Crippen molar-refractivity contribution in [1.82, 2.24) is 29.9 Å². The standard InChI is InChI=1S/C18H25N7O2/c1-12-22-23-16-7-6-13(9-25(12)16)18(27)21-15-8-19-24(10-15)11-17(26)20-14-4-2-3-5-14/h8,10,13-14H,2-7,9,11H2,1H3,(H,20,26)(H,21,27)/t13-/m0/s1. The minimum absolute atomic E-state index is 0.0363. The van der Waals surface area contributed by atoms with Crippen LogP contribution in [0.3, 0.4) is 0 Å². The van der Waals surface area contributed by atoms with Crippen LogP contribution in [-0.4, -0.2) is 42.4 Å². The second-order valence-corrected chi connectivity index (χ2v) is 7.47. The van der Waals surface area contributed by atoms with Gasteiger partial charge in [-0.05, 0) is 26.2 Å². The van der Waals surface area contributed by atoms with Crippen molar-refractivity contribution in [3.05, 3.63) is 24.0 Å². The Hall–Kier alpha value is -2.71. The van der Waals surface area contributed by atoms with Crippen molar-refractivity contribution >= 4 is 17.5 Å². The van der Waals surface area contributed by atoms with E-state index in [9.17, 15) is 9.59 Å². The van der Waals surface area contributed by atoms with Crippen LogP contribution in [0.4, 0.5) is 5.69 Å². The highest BCUT2D eigenvalue weighted by molar-refractivity contribution is 5.92. The predicted molar refractivity (Wildman–Crippen MR) is 97.8 cm³/mol. The molecular weight excluding hydrogens is 346 g/mol. The molecule has 1 atom stereocenters. The lowest BCUT2D eigenvalue weighted by molar-refractivity contribution is -0.122. The van der Waals surface area contributed by atoms with Crippen molar-refractivity contribution in [2.75, 3.05) is 5.32 Å². The number of aromatic nitrogens is 5. The van der Waals surface area contributed by atoms with Crippen LogP contribution in [0, 0.1) is 12.8 Å². The first-order valence-electron chi connectivity index (χ1n) is 9.60. The maximum absolute atomic E-state index is 12.6. The van der Waals surface area contributed by atoms with Crippen molar-refractivity contribution in [2.24, 2.45) is 5.92 Å². The van der Waals surface area contributed by atoms with Crippen LogP contribution in [0.1, 0.15) is 43.8 Å². The van der Waals surface area contributed by atoms with E-state index in [1.54, 1.807) is 17.1 Å². The van der Waals surface area contributed by atoms with Gasteiger partial charge in [-0.15, -0.1) is 10.2 Å². The van der Waals surface area contributed by atoms with Gasteiger partial charge in [0.15, 0.2) is 0 Å². The minimum Gasteiger partial charge on any atom is -0.352 e. The Morgan fingerprint density at radius 3 is 2.85 bits per heavy atom. The van der Waals surface area contributed by atoms with E-state index in [1.807, 2.05) is 11.5 Å². The first-order valence-corrected chi connectivity index (χ1v) is 9.60. The molecule has 0 saturated heterocycles. The fraction of sp³-hybridized carbons (Fsp3) is 0.611. The average Bonchev–Trinajstić information content (AvgIpc) is 3.38. The quantitative estimate of drug-likeness (QED) is 0.817. The van der Waals surface area contributed by atoms with Gasteiger partial charge in [-0.1, -0.05) is 12.8 Å². The Labute approximate surface area is 157 Å². The fourth-order valence-electron chi connectivity index (χ4n) is 3.93. The molecular formula is C18H25N7O2.